The van der Waals surface area contributed by atoms with Crippen LogP contribution in [0.2, 0.25) is 0 Å². The summed E-state index contributed by atoms with van der Waals surface area (Å²) >= 11 is 0. The number of terminal acetylenes is 2. The highest BCUT2D eigenvalue weighted by molar-refractivity contribution is 5.92. The molecule has 0 spiro atoms. The third kappa shape index (κ3) is 7.19. The minimum atomic E-state index is -1.03. The number of rotatable bonds is 9. The lowest BCUT2D eigenvalue weighted by Crippen LogP contribution is -2.29. The second-order valence-electron chi connectivity index (χ2n) is 4.49. The number of aliphatic hydroxyl groups excluding tert-OH is 1. The standard InChI is InChI=1S/C18H18O5/c1-4-14(3)18(20)23-12-15(19)11-21-16(5-2)13-22-17-9-7-6-8-10-17/h1-2,6-10,15-16,19H,3,11-13H2. The molecule has 0 saturated heterocycles. The van der Waals surface area contributed by atoms with Gasteiger partial charge in [-0.15, -0.1) is 12.8 Å². The quantitative estimate of drug-likeness (QED) is 0.421. The van der Waals surface area contributed by atoms with Gasteiger partial charge in [0, 0.05) is 0 Å². The van der Waals surface area contributed by atoms with E-state index in [2.05, 4.69) is 18.4 Å². The highest BCUT2D eigenvalue weighted by atomic mass is 16.6. The topological polar surface area (TPSA) is 65.0 Å². The Morgan fingerprint density at radius 1 is 1.22 bits per heavy atom. The molecule has 1 rings (SSSR count). The van der Waals surface area contributed by atoms with Gasteiger partial charge in [-0.25, -0.2) is 4.79 Å². The summed E-state index contributed by atoms with van der Waals surface area (Å²) in [6, 6.07) is 9.13. The van der Waals surface area contributed by atoms with Crippen LogP contribution in [0.1, 0.15) is 0 Å². The smallest absolute Gasteiger partial charge is 0.346 e. The fourth-order valence-electron chi connectivity index (χ4n) is 1.43. The van der Waals surface area contributed by atoms with Gasteiger partial charge in [-0.05, 0) is 12.1 Å². The van der Waals surface area contributed by atoms with Crippen molar-refractivity contribution in [1.29, 1.82) is 0 Å². The molecule has 0 radical (unpaired) electrons. The van der Waals surface area contributed by atoms with Gasteiger partial charge in [0.05, 0.1) is 6.61 Å². The first kappa shape index (κ1) is 18.3. The summed E-state index contributed by atoms with van der Waals surface area (Å²) in [5.41, 5.74) is -0.115. The minimum absolute atomic E-state index is 0.108. The number of aliphatic hydroxyl groups is 1. The van der Waals surface area contributed by atoms with Gasteiger partial charge < -0.3 is 19.3 Å². The van der Waals surface area contributed by atoms with Crippen LogP contribution in [0.4, 0.5) is 0 Å². The van der Waals surface area contributed by atoms with Crippen molar-refractivity contribution in [3.05, 3.63) is 42.5 Å². The lowest BCUT2D eigenvalue weighted by molar-refractivity contribution is -0.143. The molecule has 5 nitrogen and oxygen atoms in total. The number of benzene rings is 1. The molecule has 0 aliphatic carbocycles. The fraction of sp³-hybridized carbons (Fsp3) is 0.278. The summed E-state index contributed by atoms with van der Waals surface area (Å²) in [6.45, 7) is 3.09. The summed E-state index contributed by atoms with van der Waals surface area (Å²) in [6.07, 6.45) is 8.68. The van der Waals surface area contributed by atoms with Crippen LogP contribution < -0.4 is 4.74 Å². The Labute approximate surface area is 135 Å². The van der Waals surface area contributed by atoms with E-state index in [1.807, 2.05) is 18.2 Å². The van der Waals surface area contributed by atoms with Gasteiger partial charge in [-0.1, -0.05) is 36.6 Å². The molecule has 0 saturated carbocycles. The predicted molar refractivity (Wildman–Crippen MR) is 85.4 cm³/mol. The molecule has 0 bridgehead atoms. The number of hydrogen-bond donors (Lipinski definition) is 1. The molecule has 2 atom stereocenters. The normalized spacial score (nSPS) is 12.3. The SMILES string of the molecule is C#CC(=C)C(=O)OCC(O)COC(C#C)COc1ccccc1. The van der Waals surface area contributed by atoms with Gasteiger partial charge in [0.2, 0.25) is 0 Å². The maximum Gasteiger partial charge on any atom is 0.346 e. The first-order valence-corrected chi connectivity index (χ1v) is 6.83. The minimum Gasteiger partial charge on any atom is -0.490 e. The van der Waals surface area contributed by atoms with Crippen LogP contribution in [-0.2, 0) is 14.3 Å². The zero-order valence-corrected chi connectivity index (χ0v) is 12.6. The lowest BCUT2D eigenvalue weighted by Gasteiger charge is -2.16. The van der Waals surface area contributed by atoms with Crippen molar-refractivity contribution in [2.24, 2.45) is 0 Å². The highest BCUT2D eigenvalue weighted by Crippen LogP contribution is 2.09. The summed E-state index contributed by atoms with van der Waals surface area (Å²) in [4.78, 5) is 11.3. The van der Waals surface area contributed by atoms with Gasteiger partial charge >= 0.3 is 5.97 Å². The van der Waals surface area contributed by atoms with E-state index in [4.69, 9.17) is 27.1 Å². The molecular formula is C18H18O5. The molecule has 23 heavy (non-hydrogen) atoms. The lowest BCUT2D eigenvalue weighted by atomic mass is 10.3. The largest absolute Gasteiger partial charge is 0.490 e. The Kier molecular flexibility index (Phi) is 8.02. The van der Waals surface area contributed by atoms with Crippen molar-refractivity contribution in [3.63, 3.8) is 0 Å². The number of esters is 1. The van der Waals surface area contributed by atoms with Gasteiger partial charge in [0.1, 0.15) is 30.6 Å². The van der Waals surface area contributed by atoms with E-state index >= 15 is 0 Å². The molecule has 1 aromatic rings. The van der Waals surface area contributed by atoms with E-state index in [1.165, 1.54) is 0 Å². The van der Waals surface area contributed by atoms with Gasteiger partial charge in [-0.2, -0.15) is 0 Å². The van der Waals surface area contributed by atoms with E-state index in [-0.39, 0.29) is 25.4 Å². The molecule has 0 heterocycles. The number of hydrogen-bond acceptors (Lipinski definition) is 5. The van der Waals surface area contributed by atoms with Crippen molar-refractivity contribution >= 4 is 5.97 Å². The van der Waals surface area contributed by atoms with Gasteiger partial charge in [0.15, 0.2) is 6.10 Å². The third-order valence-electron chi connectivity index (χ3n) is 2.65. The van der Waals surface area contributed by atoms with E-state index in [0.29, 0.717) is 5.75 Å². The third-order valence-corrected chi connectivity index (χ3v) is 2.65. The van der Waals surface area contributed by atoms with E-state index in [9.17, 15) is 9.90 Å². The Bertz CT molecular complexity index is 594. The summed E-state index contributed by atoms with van der Waals surface area (Å²) in [7, 11) is 0. The monoisotopic (exact) mass is 314 g/mol. The summed E-state index contributed by atoms with van der Waals surface area (Å²) in [5, 5.41) is 9.69. The zero-order chi connectivity index (χ0) is 17.1. The second-order valence-corrected chi connectivity index (χ2v) is 4.49. The number of ether oxygens (including phenoxy) is 3. The van der Waals surface area contributed by atoms with Crippen LogP contribution in [0.5, 0.6) is 5.75 Å². The molecule has 0 fully saturated rings. The van der Waals surface area contributed by atoms with Crippen molar-refractivity contribution < 1.29 is 24.1 Å². The number of carbonyl (C=O) groups is 1. The molecule has 0 aliphatic heterocycles. The average molecular weight is 314 g/mol. The first-order chi connectivity index (χ1) is 11.1. The van der Waals surface area contributed by atoms with E-state index in [1.54, 1.807) is 12.1 Å². The second kappa shape index (κ2) is 10.1. The van der Waals surface area contributed by atoms with Crippen LogP contribution in [0.25, 0.3) is 0 Å². The molecule has 2 unspecified atom stereocenters. The number of carbonyl (C=O) groups excluding carboxylic acids is 1. The predicted octanol–water partition coefficient (Wildman–Crippen LogP) is 1.18. The van der Waals surface area contributed by atoms with E-state index < -0.39 is 18.2 Å². The maximum atomic E-state index is 11.3. The molecule has 120 valence electrons. The Morgan fingerprint density at radius 3 is 2.52 bits per heavy atom. The van der Waals surface area contributed by atoms with Crippen LogP contribution in [-0.4, -0.2) is 43.1 Å². The van der Waals surface area contributed by atoms with Crippen molar-refractivity contribution in [3.8, 4) is 30.4 Å². The van der Waals surface area contributed by atoms with Gasteiger partial charge in [-0.3, -0.25) is 0 Å². The van der Waals surface area contributed by atoms with Gasteiger partial charge in [0.25, 0.3) is 0 Å². The molecule has 0 aliphatic rings. The molecule has 0 amide bonds. The molecule has 1 aromatic carbocycles. The van der Waals surface area contributed by atoms with Crippen LogP contribution in [0.15, 0.2) is 42.5 Å². The molecule has 1 N–H and O–H groups in total. The van der Waals surface area contributed by atoms with E-state index in [0.717, 1.165) is 0 Å². The Hall–Kier alpha value is -2.73. The number of para-hydroxylation sites is 1. The van der Waals surface area contributed by atoms with Crippen LogP contribution >= 0.6 is 0 Å². The molecule has 0 aromatic heterocycles. The summed E-state index contributed by atoms with van der Waals surface area (Å²) in [5.74, 6) is 4.38. The van der Waals surface area contributed by atoms with Crippen molar-refractivity contribution in [1.82, 2.24) is 0 Å². The fourth-order valence-corrected chi connectivity index (χ4v) is 1.43. The first-order valence-electron chi connectivity index (χ1n) is 6.83. The Morgan fingerprint density at radius 2 is 1.91 bits per heavy atom. The van der Waals surface area contributed by atoms with Crippen LogP contribution in [0, 0.1) is 24.7 Å². The maximum absolute atomic E-state index is 11.3. The van der Waals surface area contributed by atoms with Crippen LogP contribution in [0.3, 0.4) is 0 Å². The zero-order valence-electron chi connectivity index (χ0n) is 12.6. The molecular weight excluding hydrogens is 296 g/mol. The Balaban J connectivity index is 2.28. The molecule has 5 heteroatoms. The van der Waals surface area contributed by atoms with Crippen molar-refractivity contribution in [2.75, 3.05) is 19.8 Å². The summed E-state index contributed by atoms with van der Waals surface area (Å²) < 4.78 is 15.6. The highest BCUT2D eigenvalue weighted by Gasteiger charge is 2.14. The average Bonchev–Trinajstić information content (AvgIpc) is 2.59. The van der Waals surface area contributed by atoms with Crippen molar-refractivity contribution in [2.45, 2.75) is 12.2 Å².